The molecule has 104 valence electrons. The van der Waals surface area contributed by atoms with Gasteiger partial charge in [0, 0.05) is 4.75 Å². The minimum atomic E-state index is -1.22. The zero-order chi connectivity index (χ0) is 12.9. The first-order valence-corrected chi connectivity index (χ1v) is 12.1. The third kappa shape index (κ3) is 2.34. The number of thioether (sulfide) groups is 1. The highest BCUT2D eigenvalue weighted by Gasteiger charge is 2.57. The lowest BCUT2D eigenvalue weighted by molar-refractivity contribution is 0.363. The van der Waals surface area contributed by atoms with Crippen molar-refractivity contribution in [3.05, 3.63) is 0 Å². The second kappa shape index (κ2) is 4.76. The van der Waals surface area contributed by atoms with E-state index in [0.717, 1.165) is 0 Å². The van der Waals surface area contributed by atoms with E-state index in [1.54, 1.807) is 0 Å². The highest BCUT2D eigenvalue weighted by Crippen LogP contribution is 2.65. The molecule has 0 radical (unpaired) electrons. The molecule has 1 atom stereocenters. The summed E-state index contributed by atoms with van der Waals surface area (Å²) in [5, 5.41) is 4.07. The maximum Gasteiger partial charge on any atom is 0.0657 e. The molecule has 3 aliphatic rings. The number of rotatable bonds is 1. The van der Waals surface area contributed by atoms with Crippen molar-refractivity contribution in [2.24, 2.45) is 0 Å². The van der Waals surface area contributed by atoms with Crippen molar-refractivity contribution >= 4 is 29.6 Å². The Morgan fingerprint density at radius 3 is 2.11 bits per heavy atom. The average molecular weight is 303 g/mol. The Labute approximate surface area is 121 Å². The summed E-state index contributed by atoms with van der Waals surface area (Å²) >= 11 is 8.28. The summed E-state index contributed by atoms with van der Waals surface area (Å²) in [6, 6.07) is -1.22. The van der Waals surface area contributed by atoms with Gasteiger partial charge in [-0.15, -0.1) is 11.8 Å². The molecule has 1 heterocycles. The summed E-state index contributed by atoms with van der Waals surface area (Å²) in [4.78, 5) is 0.415. The fourth-order valence-electron chi connectivity index (χ4n) is 4.30. The lowest BCUT2D eigenvalue weighted by atomic mass is 9.88. The molecule has 0 aromatic rings. The van der Waals surface area contributed by atoms with Crippen molar-refractivity contribution in [1.82, 2.24) is 5.32 Å². The molecule has 3 rings (SSSR count). The van der Waals surface area contributed by atoms with Crippen molar-refractivity contribution in [3.8, 4) is 0 Å². The minimum absolute atomic E-state index is 0.415. The van der Waals surface area contributed by atoms with Crippen molar-refractivity contribution < 1.29 is 0 Å². The van der Waals surface area contributed by atoms with Gasteiger partial charge in [-0.3, -0.25) is 5.32 Å². The summed E-state index contributed by atoms with van der Waals surface area (Å²) in [6.45, 7) is 4.73. The van der Waals surface area contributed by atoms with Gasteiger partial charge in [-0.2, -0.15) is 0 Å². The molecule has 0 bridgehead atoms. The molecule has 1 N–H and O–H groups in total. The van der Waals surface area contributed by atoms with Crippen molar-refractivity contribution in [1.29, 1.82) is 0 Å². The highest BCUT2D eigenvalue weighted by atomic mass is 32.4. The van der Waals surface area contributed by atoms with Gasteiger partial charge in [-0.1, -0.05) is 43.9 Å². The first-order chi connectivity index (χ1) is 8.46. The lowest BCUT2D eigenvalue weighted by Gasteiger charge is -2.40. The predicted octanol–water partition coefficient (Wildman–Crippen LogP) is 4.36. The Morgan fingerprint density at radius 1 is 1.00 bits per heavy atom. The van der Waals surface area contributed by atoms with Crippen molar-refractivity contribution in [2.75, 3.05) is 13.3 Å². The third-order valence-electron chi connectivity index (χ3n) is 5.03. The van der Waals surface area contributed by atoms with Crippen LogP contribution < -0.4 is 5.32 Å². The van der Waals surface area contributed by atoms with E-state index < -0.39 is 6.04 Å². The van der Waals surface area contributed by atoms with Crippen LogP contribution in [0, 0.1) is 0 Å². The zero-order valence-corrected chi connectivity index (χ0v) is 14.2. The Balaban J connectivity index is 1.92. The van der Waals surface area contributed by atoms with E-state index in [-0.39, 0.29) is 0 Å². The van der Waals surface area contributed by atoms with Crippen LogP contribution in [-0.2, 0) is 11.8 Å². The van der Waals surface area contributed by atoms with Crippen molar-refractivity contribution in [3.63, 3.8) is 0 Å². The van der Waals surface area contributed by atoms with Gasteiger partial charge in [-0.25, -0.2) is 0 Å². The van der Waals surface area contributed by atoms with E-state index in [4.69, 9.17) is 11.8 Å². The van der Waals surface area contributed by atoms with Crippen molar-refractivity contribution in [2.45, 2.75) is 73.2 Å². The summed E-state index contributed by atoms with van der Waals surface area (Å²) in [5.41, 5.74) is 0. The molecular formula is C14H26NPS2. The molecule has 2 aliphatic carbocycles. The van der Waals surface area contributed by atoms with Gasteiger partial charge < -0.3 is 0 Å². The summed E-state index contributed by atoms with van der Waals surface area (Å²) in [5.74, 6) is 0.642. The smallest absolute Gasteiger partial charge is 0.0657 e. The fraction of sp³-hybridized carbons (Fsp3) is 1.00. The molecule has 3 fully saturated rings. The molecule has 1 saturated heterocycles. The van der Waals surface area contributed by atoms with Gasteiger partial charge in [0.15, 0.2) is 0 Å². The van der Waals surface area contributed by atoms with Crippen LogP contribution in [0.4, 0.5) is 0 Å². The molecular weight excluding hydrogens is 277 g/mol. The Hall–Kier alpha value is 0.960. The van der Waals surface area contributed by atoms with Crippen LogP contribution in [0.3, 0.4) is 0 Å². The standard InChI is InChI=1S/C14H26NPS2/c1-16(2,17)12-13(8-4-3-5-9-13)18-14(15-12)10-6-7-11-14/h12,15H,3-11H2,1-2H3. The highest BCUT2D eigenvalue weighted by molar-refractivity contribution is 8.15. The topological polar surface area (TPSA) is 12.0 Å². The Kier molecular flexibility index (Phi) is 3.68. The monoisotopic (exact) mass is 303 g/mol. The molecule has 1 aliphatic heterocycles. The Bertz CT molecular complexity index is 364. The van der Waals surface area contributed by atoms with E-state index in [0.29, 0.717) is 15.4 Å². The van der Waals surface area contributed by atoms with E-state index in [2.05, 4.69) is 30.4 Å². The molecule has 0 aromatic heterocycles. The van der Waals surface area contributed by atoms with Crippen LogP contribution >= 0.6 is 17.8 Å². The molecule has 0 amide bonds. The molecule has 18 heavy (non-hydrogen) atoms. The predicted molar refractivity (Wildman–Crippen MR) is 87.7 cm³/mol. The number of hydrogen-bond donors (Lipinski definition) is 1. The average Bonchev–Trinajstić information content (AvgIpc) is 2.86. The zero-order valence-electron chi connectivity index (χ0n) is 11.7. The maximum atomic E-state index is 5.95. The van der Waals surface area contributed by atoms with Gasteiger partial charge in [-0.05, 0) is 45.1 Å². The van der Waals surface area contributed by atoms with E-state index in [1.165, 1.54) is 57.8 Å². The molecule has 2 spiro atoms. The normalized spacial score (nSPS) is 34.4. The van der Waals surface area contributed by atoms with Crippen LogP contribution in [0.2, 0.25) is 0 Å². The largest absolute Gasteiger partial charge is 0.294 e. The van der Waals surface area contributed by atoms with Crippen LogP contribution in [0.15, 0.2) is 0 Å². The maximum absolute atomic E-state index is 5.95. The van der Waals surface area contributed by atoms with E-state index in [1.807, 2.05) is 0 Å². The second-order valence-corrected chi connectivity index (χ2v) is 14.9. The minimum Gasteiger partial charge on any atom is -0.294 e. The number of hydrogen-bond acceptors (Lipinski definition) is 3. The summed E-state index contributed by atoms with van der Waals surface area (Å²) in [7, 11) is 0. The van der Waals surface area contributed by atoms with E-state index >= 15 is 0 Å². The van der Waals surface area contributed by atoms with Crippen LogP contribution in [0.25, 0.3) is 0 Å². The van der Waals surface area contributed by atoms with Crippen LogP contribution in [0.5, 0.6) is 0 Å². The lowest BCUT2D eigenvalue weighted by Crippen LogP contribution is -2.44. The molecule has 0 aromatic carbocycles. The van der Waals surface area contributed by atoms with Gasteiger partial charge in [0.25, 0.3) is 0 Å². The first kappa shape index (κ1) is 13.9. The van der Waals surface area contributed by atoms with Crippen LogP contribution in [0.1, 0.15) is 57.8 Å². The van der Waals surface area contributed by atoms with Gasteiger partial charge >= 0.3 is 0 Å². The molecule has 4 heteroatoms. The third-order valence-corrected chi connectivity index (χ3v) is 9.67. The van der Waals surface area contributed by atoms with Crippen LogP contribution in [-0.4, -0.2) is 28.7 Å². The first-order valence-electron chi connectivity index (χ1n) is 7.49. The van der Waals surface area contributed by atoms with Gasteiger partial charge in [0.1, 0.15) is 0 Å². The van der Waals surface area contributed by atoms with Gasteiger partial charge in [0.2, 0.25) is 0 Å². The summed E-state index contributed by atoms with van der Waals surface area (Å²) < 4.78 is 0.502. The second-order valence-electron chi connectivity index (χ2n) is 6.91. The Morgan fingerprint density at radius 2 is 1.56 bits per heavy atom. The quantitative estimate of drug-likeness (QED) is 0.723. The molecule has 2 saturated carbocycles. The van der Waals surface area contributed by atoms with E-state index in [9.17, 15) is 0 Å². The molecule has 1 nitrogen and oxygen atoms in total. The number of nitrogens with one attached hydrogen (secondary N) is 1. The van der Waals surface area contributed by atoms with Gasteiger partial charge in [0.05, 0.1) is 10.7 Å². The molecule has 1 unspecified atom stereocenters. The fourth-order valence-corrected chi connectivity index (χ4v) is 10.4. The summed E-state index contributed by atoms with van der Waals surface area (Å²) in [6.07, 6.45) is 12.7. The SMILES string of the molecule is CP(C)(=S)C1NC2(CCCC2)SC12CCCCC2.